The number of amides is 1. The first-order valence-corrected chi connectivity index (χ1v) is 10.3. The molecule has 0 radical (unpaired) electrons. The predicted molar refractivity (Wildman–Crippen MR) is 97.9 cm³/mol. The van der Waals surface area contributed by atoms with E-state index >= 15 is 0 Å². The molecule has 8 nitrogen and oxygen atoms in total. The van der Waals surface area contributed by atoms with Crippen molar-refractivity contribution < 1.29 is 27.3 Å². The number of pyridine rings is 1. The van der Waals surface area contributed by atoms with Crippen LogP contribution < -0.4 is 9.79 Å². The molecule has 3 rings (SSSR count). The van der Waals surface area contributed by atoms with E-state index in [0.717, 1.165) is 43.9 Å². The zero-order chi connectivity index (χ0) is 20.0. The molecule has 10 heteroatoms. The number of hydrogen-bond acceptors (Lipinski definition) is 5. The van der Waals surface area contributed by atoms with Crippen molar-refractivity contribution in [2.45, 2.75) is 11.4 Å². The molecule has 0 atom stereocenters. The first-order valence-electron chi connectivity index (χ1n) is 8.83. The van der Waals surface area contributed by atoms with Gasteiger partial charge in [-0.2, -0.15) is 0 Å². The Balaban J connectivity index is 1.41. The normalized spacial score (nSPS) is 15.5. The number of rotatable bonds is 7. The number of hydrogen-bond donors (Lipinski definition) is 2. The Hall–Kier alpha value is -2.40. The van der Waals surface area contributed by atoms with Crippen molar-refractivity contribution >= 4 is 15.9 Å². The topological polar surface area (TPSA) is 93.0 Å². The summed E-state index contributed by atoms with van der Waals surface area (Å²) in [7, 11) is -3.97. The van der Waals surface area contributed by atoms with E-state index in [1.54, 1.807) is 17.3 Å². The minimum absolute atomic E-state index is 0.144. The van der Waals surface area contributed by atoms with Crippen molar-refractivity contribution in [2.75, 3.05) is 32.8 Å². The summed E-state index contributed by atoms with van der Waals surface area (Å²) >= 11 is 0. The first kappa shape index (κ1) is 20.3. The molecule has 1 aliphatic rings. The van der Waals surface area contributed by atoms with Crippen LogP contribution >= 0.6 is 0 Å². The summed E-state index contributed by atoms with van der Waals surface area (Å²) in [6.45, 7) is 3.23. The molecule has 1 fully saturated rings. The van der Waals surface area contributed by atoms with E-state index < -0.39 is 22.4 Å². The van der Waals surface area contributed by atoms with Gasteiger partial charge in [0.05, 0.1) is 31.1 Å². The summed E-state index contributed by atoms with van der Waals surface area (Å²) in [5, 5.41) is 0. The summed E-state index contributed by atoms with van der Waals surface area (Å²) in [4.78, 5) is 25.9. The summed E-state index contributed by atoms with van der Waals surface area (Å²) in [5.74, 6) is -0.829. The smallest absolute Gasteiger partial charge is 0.262 e. The number of carbonyl (C=O) groups excluding carboxylic acids is 1. The fourth-order valence-electron chi connectivity index (χ4n) is 2.96. The van der Waals surface area contributed by atoms with Gasteiger partial charge in [0.1, 0.15) is 19.0 Å². The highest BCUT2D eigenvalue weighted by Gasteiger charge is 2.24. The fourth-order valence-corrected chi connectivity index (χ4v) is 3.77. The van der Waals surface area contributed by atoms with Gasteiger partial charge in [-0.25, -0.2) is 12.8 Å². The second-order valence-electron chi connectivity index (χ2n) is 6.49. The van der Waals surface area contributed by atoms with Crippen LogP contribution in [0.15, 0.2) is 53.7 Å². The van der Waals surface area contributed by atoms with Crippen LogP contribution in [0.4, 0.5) is 4.39 Å². The van der Waals surface area contributed by atoms with E-state index in [9.17, 15) is 17.6 Å². The minimum atomic E-state index is -3.97. The maximum absolute atomic E-state index is 12.9. The molecule has 28 heavy (non-hydrogen) atoms. The Bertz CT molecular complexity index is 886. The van der Waals surface area contributed by atoms with Crippen LogP contribution in [0.1, 0.15) is 5.56 Å². The molecule has 1 aromatic heterocycles. The van der Waals surface area contributed by atoms with Crippen molar-refractivity contribution in [3.8, 4) is 0 Å². The Morgan fingerprint density at radius 2 is 1.79 bits per heavy atom. The van der Waals surface area contributed by atoms with Gasteiger partial charge >= 0.3 is 0 Å². The number of aromatic nitrogens is 1. The number of piperazine rings is 1. The fraction of sp³-hybridized carbons (Fsp3) is 0.333. The third-order valence-electron chi connectivity index (χ3n) is 4.51. The minimum Gasteiger partial charge on any atom is -0.329 e. The third kappa shape index (κ3) is 5.55. The molecule has 1 aliphatic heterocycles. The van der Waals surface area contributed by atoms with Gasteiger partial charge in [-0.3, -0.25) is 14.6 Å². The second kappa shape index (κ2) is 9.20. The number of carbonyl (C=O) groups is 1. The SMILES string of the molecule is O=C(CONS(=O)(=O)c1ccc(F)cc1)N1CC[NH+](Cc2ccncc2)CC1. The van der Waals surface area contributed by atoms with Gasteiger partial charge in [-0.15, -0.1) is 0 Å². The molecule has 1 saturated heterocycles. The van der Waals surface area contributed by atoms with Crippen LogP contribution in [0.5, 0.6) is 0 Å². The molecule has 0 saturated carbocycles. The molecule has 2 N–H and O–H groups in total. The van der Waals surface area contributed by atoms with Crippen molar-refractivity contribution in [3.63, 3.8) is 0 Å². The molecule has 2 aromatic rings. The van der Waals surface area contributed by atoms with E-state index in [4.69, 9.17) is 4.84 Å². The number of nitrogens with one attached hydrogen (secondary N) is 2. The molecule has 1 amide bonds. The maximum Gasteiger partial charge on any atom is 0.262 e. The number of benzene rings is 1. The van der Waals surface area contributed by atoms with Crippen molar-refractivity contribution in [3.05, 3.63) is 60.2 Å². The summed E-state index contributed by atoms with van der Waals surface area (Å²) < 4.78 is 36.9. The highest BCUT2D eigenvalue weighted by atomic mass is 32.2. The number of quaternary nitrogens is 1. The Kier molecular flexibility index (Phi) is 6.68. The van der Waals surface area contributed by atoms with Crippen LogP contribution in [0.2, 0.25) is 0 Å². The maximum atomic E-state index is 12.9. The molecule has 0 aliphatic carbocycles. The van der Waals surface area contributed by atoms with E-state index in [2.05, 4.69) is 4.98 Å². The average Bonchev–Trinajstić information content (AvgIpc) is 2.69. The molecular formula is C18H22FN4O4S+. The lowest BCUT2D eigenvalue weighted by atomic mass is 10.2. The zero-order valence-corrected chi connectivity index (χ0v) is 16.0. The van der Waals surface area contributed by atoms with Crippen LogP contribution in [-0.4, -0.2) is 57.0 Å². The Labute approximate surface area is 162 Å². The number of sulfonamides is 1. The molecule has 0 spiro atoms. The van der Waals surface area contributed by atoms with E-state index in [-0.39, 0.29) is 10.8 Å². The Morgan fingerprint density at radius 1 is 1.14 bits per heavy atom. The summed E-state index contributed by atoms with van der Waals surface area (Å²) in [5.41, 5.74) is 1.20. The van der Waals surface area contributed by atoms with E-state index in [1.807, 2.05) is 17.0 Å². The van der Waals surface area contributed by atoms with Gasteiger partial charge in [0, 0.05) is 18.0 Å². The monoisotopic (exact) mass is 409 g/mol. The molecular weight excluding hydrogens is 387 g/mol. The van der Waals surface area contributed by atoms with Gasteiger partial charge in [0.2, 0.25) is 0 Å². The van der Waals surface area contributed by atoms with Crippen molar-refractivity contribution in [1.82, 2.24) is 14.8 Å². The third-order valence-corrected chi connectivity index (χ3v) is 5.74. The summed E-state index contributed by atoms with van der Waals surface area (Å²) in [6.07, 6.45) is 3.53. The predicted octanol–water partition coefficient (Wildman–Crippen LogP) is -0.642. The standard InChI is InChI=1S/C18H21FN4O4S/c19-16-1-3-17(4-2-16)28(25,26)21-27-14-18(24)23-11-9-22(10-12-23)13-15-5-7-20-8-6-15/h1-8,21H,9-14H2/p+1. The van der Waals surface area contributed by atoms with Gasteiger partial charge in [0.25, 0.3) is 15.9 Å². The van der Waals surface area contributed by atoms with Crippen LogP contribution in [0.25, 0.3) is 0 Å². The molecule has 0 bridgehead atoms. The molecule has 2 heterocycles. The summed E-state index contributed by atoms with van der Waals surface area (Å²) in [6, 6.07) is 8.26. The van der Waals surface area contributed by atoms with Crippen molar-refractivity contribution in [1.29, 1.82) is 0 Å². The van der Waals surface area contributed by atoms with Gasteiger partial charge < -0.3 is 9.80 Å². The highest BCUT2D eigenvalue weighted by Crippen LogP contribution is 2.09. The Morgan fingerprint density at radius 3 is 2.43 bits per heavy atom. The lowest BCUT2D eigenvalue weighted by Crippen LogP contribution is -3.13. The first-order chi connectivity index (χ1) is 13.4. The van der Waals surface area contributed by atoms with Crippen LogP contribution in [0.3, 0.4) is 0 Å². The molecule has 1 aromatic carbocycles. The largest absolute Gasteiger partial charge is 0.329 e. The van der Waals surface area contributed by atoms with Gasteiger partial charge in [-0.1, -0.05) is 4.89 Å². The second-order valence-corrected chi connectivity index (χ2v) is 8.14. The van der Waals surface area contributed by atoms with Gasteiger partial charge in [0.15, 0.2) is 0 Å². The zero-order valence-electron chi connectivity index (χ0n) is 15.2. The lowest BCUT2D eigenvalue weighted by molar-refractivity contribution is -0.917. The quantitative estimate of drug-likeness (QED) is 0.594. The number of halogens is 1. The highest BCUT2D eigenvalue weighted by molar-refractivity contribution is 7.89. The molecule has 150 valence electrons. The number of nitrogens with zero attached hydrogens (tertiary/aromatic N) is 2. The van der Waals surface area contributed by atoms with Crippen molar-refractivity contribution in [2.24, 2.45) is 0 Å². The average molecular weight is 409 g/mol. The van der Waals surface area contributed by atoms with Crippen LogP contribution in [-0.2, 0) is 26.2 Å². The van der Waals surface area contributed by atoms with E-state index in [1.165, 1.54) is 10.5 Å². The lowest BCUT2D eigenvalue weighted by Gasteiger charge is -2.32. The van der Waals surface area contributed by atoms with Gasteiger partial charge in [-0.05, 0) is 36.4 Å². The van der Waals surface area contributed by atoms with Crippen LogP contribution in [0, 0.1) is 5.82 Å². The molecule has 0 unspecified atom stereocenters. The van der Waals surface area contributed by atoms with E-state index in [0.29, 0.717) is 13.1 Å².